The minimum atomic E-state index is -4.62. The molecule has 0 saturated heterocycles. The van der Waals surface area contributed by atoms with E-state index in [2.05, 4.69) is 0 Å². The van der Waals surface area contributed by atoms with Crippen molar-refractivity contribution in [2.75, 3.05) is 0 Å². The molecule has 0 bridgehead atoms. The molecule has 1 amide bonds. The van der Waals surface area contributed by atoms with Crippen molar-refractivity contribution in [2.24, 2.45) is 0 Å². The Balaban J connectivity index is 2.83. The summed E-state index contributed by atoms with van der Waals surface area (Å²) in [4.78, 5) is 14.4. The molecule has 0 unspecified atom stereocenters. The van der Waals surface area contributed by atoms with Crippen LogP contribution in [0.4, 0.5) is 13.2 Å². The minimum Gasteiger partial charge on any atom is -0.507 e. The molecule has 2 rings (SSSR count). The fourth-order valence-corrected chi connectivity index (χ4v) is 3.02. The molecular formula is C18H20F3NO2. The van der Waals surface area contributed by atoms with E-state index >= 15 is 0 Å². The van der Waals surface area contributed by atoms with E-state index in [0.717, 1.165) is 6.07 Å². The summed E-state index contributed by atoms with van der Waals surface area (Å²) in [6, 6.07) is 5.92. The lowest BCUT2D eigenvalue weighted by Gasteiger charge is -2.31. The van der Waals surface area contributed by atoms with Crippen LogP contribution in [0.2, 0.25) is 0 Å². The molecule has 0 aliphatic carbocycles. The van der Waals surface area contributed by atoms with Crippen molar-refractivity contribution in [2.45, 2.75) is 46.0 Å². The molecule has 130 valence electrons. The Morgan fingerprint density at radius 3 is 2.12 bits per heavy atom. The molecule has 3 nitrogen and oxygen atoms in total. The van der Waals surface area contributed by atoms with Crippen molar-refractivity contribution >= 4 is 16.7 Å². The van der Waals surface area contributed by atoms with Crippen molar-refractivity contribution in [3.63, 3.8) is 0 Å². The van der Waals surface area contributed by atoms with Crippen molar-refractivity contribution in [3.05, 3.63) is 41.5 Å². The highest BCUT2D eigenvalue weighted by Crippen LogP contribution is 2.39. The second-order valence-electron chi connectivity index (χ2n) is 6.26. The van der Waals surface area contributed by atoms with Gasteiger partial charge < -0.3 is 10.0 Å². The van der Waals surface area contributed by atoms with Crippen LogP contribution in [-0.4, -0.2) is 28.0 Å². The molecule has 0 aromatic heterocycles. The van der Waals surface area contributed by atoms with Gasteiger partial charge >= 0.3 is 6.18 Å². The number of carbonyl (C=O) groups is 1. The van der Waals surface area contributed by atoms with Gasteiger partial charge in [0, 0.05) is 17.5 Å². The summed E-state index contributed by atoms with van der Waals surface area (Å²) in [6.45, 7) is 7.13. The Morgan fingerprint density at radius 1 is 1.04 bits per heavy atom. The molecule has 6 heteroatoms. The number of benzene rings is 2. The maximum Gasteiger partial charge on any atom is 0.417 e. The van der Waals surface area contributed by atoms with E-state index in [0.29, 0.717) is 0 Å². The number of alkyl halides is 3. The van der Waals surface area contributed by atoms with Crippen LogP contribution in [-0.2, 0) is 6.18 Å². The average molecular weight is 339 g/mol. The van der Waals surface area contributed by atoms with Crippen LogP contribution in [0.25, 0.3) is 10.8 Å². The number of nitrogens with zero attached hydrogens (tertiary/aromatic N) is 1. The highest BCUT2D eigenvalue weighted by Gasteiger charge is 2.36. The first-order valence-corrected chi connectivity index (χ1v) is 7.70. The fraction of sp³-hybridized carbons (Fsp3) is 0.389. The van der Waals surface area contributed by atoms with Gasteiger partial charge in [0.1, 0.15) is 5.75 Å². The van der Waals surface area contributed by atoms with E-state index in [-0.39, 0.29) is 28.4 Å². The third-order valence-corrected chi connectivity index (χ3v) is 3.89. The Hall–Kier alpha value is -2.24. The molecule has 0 fully saturated rings. The zero-order chi connectivity index (χ0) is 18.2. The number of phenolic OH excluding ortho intramolecular Hbond substituents is 1. The lowest BCUT2D eigenvalue weighted by atomic mass is 9.96. The maximum absolute atomic E-state index is 13.4. The van der Waals surface area contributed by atoms with E-state index < -0.39 is 23.4 Å². The van der Waals surface area contributed by atoms with E-state index in [1.165, 1.54) is 29.2 Å². The highest BCUT2D eigenvalue weighted by atomic mass is 19.4. The van der Waals surface area contributed by atoms with Crippen molar-refractivity contribution in [1.82, 2.24) is 4.90 Å². The third kappa shape index (κ3) is 3.18. The van der Waals surface area contributed by atoms with E-state index in [9.17, 15) is 23.1 Å². The number of hydrogen-bond acceptors (Lipinski definition) is 2. The van der Waals surface area contributed by atoms with Gasteiger partial charge in [-0.05, 0) is 45.2 Å². The smallest absolute Gasteiger partial charge is 0.417 e. The Labute approximate surface area is 138 Å². The zero-order valence-electron chi connectivity index (χ0n) is 14.0. The number of halogens is 3. The molecule has 0 aliphatic heterocycles. The number of rotatable bonds is 3. The van der Waals surface area contributed by atoms with Crippen LogP contribution < -0.4 is 0 Å². The SMILES string of the molecule is CC(C)N(C(=O)c1c(O)ccc2cccc(C(F)(F)F)c12)C(C)C. The molecule has 0 saturated carbocycles. The molecule has 0 heterocycles. The number of aromatic hydroxyl groups is 1. The van der Waals surface area contributed by atoms with Gasteiger partial charge in [-0.1, -0.05) is 18.2 Å². The molecule has 24 heavy (non-hydrogen) atoms. The maximum atomic E-state index is 13.4. The molecule has 0 radical (unpaired) electrons. The third-order valence-electron chi connectivity index (χ3n) is 3.89. The summed E-state index contributed by atoms with van der Waals surface area (Å²) in [6.07, 6.45) is -4.62. The molecular weight excluding hydrogens is 319 g/mol. The van der Waals surface area contributed by atoms with E-state index in [4.69, 9.17) is 0 Å². The molecule has 2 aromatic carbocycles. The average Bonchev–Trinajstić information content (AvgIpc) is 2.44. The first-order chi connectivity index (χ1) is 11.1. The second kappa shape index (κ2) is 6.34. The van der Waals surface area contributed by atoms with E-state index in [1.807, 2.05) is 0 Å². The number of carbonyl (C=O) groups excluding carboxylic acids is 1. The Kier molecular flexibility index (Phi) is 4.78. The normalized spacial score (nSPS) is 12.2. The van der Waals surface area contributed by atoms with Gasteiger partial charge in [-0.25, -0.2) is 0 Å². The predicted molar refractivity (Wildman–Crippen MR) is 87.1 cm³/mol. The van der Waals surface area contributed by atoms with Gasteiger partial charge in [0.2, 0.25) is 0 Å². The highest BCUT2D eigenvalue weighted by molar-refractivity contribution is 6.10. The summed E-state index contributed by atoms with van der Waals surface area (Å²) >= 11 is 0. The quantitative estimate of drug-likeness (QED) is 0.871. The lowest BCUT2D eigenvalue weighted by Crippen LogP contribution is -2.42. The van der Waals surface area contributed by atoms with Crippen LogP contribution in [0.5, 0.6) is 5.75 Å². The van der Waals surface area contributed by atoms with E-state index in [1.54, 1.807) is 27.7 Å². The van der Waals surface area contributed by atoms with Crippen molar-refractivity contribution in [1.29, 1.82) is 0 Å². The minimum absolute atomic E-state index is 0.217. The monoisotopic (exact) mass is 339 g/mol. The Morgan fingerprint density at radius 2 is 1.62 bits per heavy atom. The standard InChI is InChI=1S/C18H20F3NO2/c1-10(2)22(11(3)4)17(24)16-14(23)9-8-12-6-5-7-13(15(12)16)18(19,20)21/h5-11,23H,1-4H3. The van der Waals surface area contributed by atoms with Crippen molar-refractivity contribution < 1.29 is 23.1 Å². The number of phenols is 1. The van der Waals surface area contributed by atoms with Gasteiger partial charge in [0.25, 0.3) is 5.91 Å². The molecule has 1 N–H and O–H groups in total. The predicted octanol–water partition coefficient (Wildman–Crippen LogP) is 4.82. The van der Waals surface area contributed by atoms with Crippen LogP contribution in [0, 0.1) is 0 Å². The summed E-state index contributed by atoms with van der Waals surface area (Å²) in [5.74, 6) is -1.06. The molecule has 0 atom stereocenters. The first-order valence-electron chi connectivity index (χ1n) is 7.70. The van der Waals surface area contributed by atoms with Crippen LogP contribution in [0.1, 0.15) is 43.6 Å². The zero-order valence-corrected chi connectivity index (χ0v) is 14.0. The molecule has 0 aliphatic rings. The van der Waals surface area contributed by atoms with Crippen molar-refractivity contribution in [3.8, 4) is 5.75 Å². The number of amides is 1. The van der Waals surface area contributed by atoms with Crippen LogP contribution in [0.3, 0.4) is 0 Å². The summed E-state index contributed by atoms with van der Waals surface area (Å²) in [5, 5.41) is 10.2. The van der Waals surface area contributed by atoms with Gasteiger partial charge in [0.05, 0.1) is 11.1 Å². The van der Waals surface area contributed by atoms with Gasteiger partial charge in [-0.15, -0.1) is 0 Å². The van der Waals surface area contributed by atoms with Gasteiger partial charge in [0.15, 0.2) is 0 Å². The Bertz CT molecular complexity index is 759. The number of fused-ring (bicyclic) bond motifs is 1. The number of hydrogen-bond donors (Lipinski definition) is 1. The summed E-state index contributed by atoms with van der Waals surface area (Å²) in [5.41, 5.74) is -1.23. The molecule has 0 spiro atoms. The summed E-state index contributed by atoms with van der Waals surface area (Å²) in [7, 11) is 0. The van der Waals surface area contributed by atoms with Crippen LogP contribution >= 0.6 is 0 Å². The van der Waals surface area contributed by atoms with Gasteiger partial charge in [-0.3, -0.25) is 4.79 Å². The largest absolute Gasteiger partial charge is 0.507 e. The topological polar surface area (TPSA) is 40.5 Å². The van der Waals surface area contributed by atoms with Crippen LogP contribution in [0.15, 0.2) is 30.3 Å². The first kappa shape index (κ1) is 18.1. The second-order valence-corrected chi connectivity index (χ2v) is 6.26. The summed E-state index contributed by atoms with van der Waals surface area (Å²) < 4.78 is 40.2. The molecule has 2 aromatic rings. The van der Waals surface area contributed by atoms with Gasteiger partial charge in [-0.2, -0.15) is 13.2 Å². The fourth-order valence-electron chi connectivity index (χ4n) is 3.02. The lowest BCUT2D eigenvalue weighted by molar-refractivity contribution is -0.136.